The van der Waals surface area contributed by atoms with Crippen LogP contribution in [0, 0.1) is 23.3 Å². The molecule has 146 valence electrons. The second-order valence-corrected chi connectivity index (χ2v) is 4.74. The number of fused-ring (bicyclic) bond motifs is 1. The number of ether oxygens (including phenoxy) is 1. The third-order valence-electron chi connectivity index (χ3n) is 3.38. The number of hydrogen-bond donors (Lipinski definition) is 0. The predicted molar refractivity (Wildman–Crippen MR) is 51.5 cm³/mol. The number of halogens is 12. The van der Waals surface area contributed by atoms with E-state index in [1.165, 1.54) is 0 Å². The number of esters is 1. The van der Waals surface area contributed by atoms with Crippen molar-refractivity contribution in [1.82, 2.24) is 0 Å². The van der Waals surface area contributed by atoms with Crippen LogP contribution in [0.1, 0.15) is 15.9 Å². The van der Waals surface area contributed by atoms with Gasteiger partial charge in [0.2, 0.25) is 0 Å². The third-order valence-corrected chi connectivity index (χ3v) is 3.38. The molecule has 0 amide bonds. The highest BCUT2D eigenvalue weighted by Crippen LogP contribution is 2.61. The zero-order valence-electron chi connectivity index (χ0n) is 11.3. The Hall–Kier alpha value is -2.19. The summed E-state index contributed by atoms with van der Waals surface area (Å²) < 4.78 is 160. The van der Waals surface area contributed by atoms with E-state index in [2.05, 4.69) is 9.68 Å². The van der Waals surface area contributed by atoms with Crippen LogP contribution in [0.3, 0.4) is 0 Å². The molecule has 1 heterocycles. The van der Waals surface area contributed by atoms with E-state index < -0.39 is 64.2 Å². The zero-order chi connectivity index (χ0) is 20.5. The maximum atomic E-state index is 14.2. The molecule has 0 saturated carbocycles. The fourth-order valence-corrected chi connectivity index (χ4v) is 2.25. The van der Waals surface area contributed by atoms with Crippen molar-refractivity contribution in [2.45, 2.75) is 23.8 Å². The van der Waals surface area contributed by atoms with Gasteiger partial charge in [-0.05, 0) is 4.53 Å². The molecule has 1 aliphatic rings. The number of benzene rings is 1. The van der Waals surface area contributed by atoms with Crippen LogP contribution in [0.5, 0.6) is 0 Å². The van der Waals surface area contributed by atoms with Gasteiger partial charge in [0.05, 0.1) is 5.56 Å². The first-order chi connectivity index (χ1) is 11.6. The summed E-state index contributed by atoms with van der Waals surface area (Å²) >= 11 is 0. The molecule has 1 aliphatic heterocycles. The molecule has 0 spiro atoms. The lowest BCUT2D eigenvalue weighted by molar-refractivity contribution is -0.471. The minimum absolute atomic E-state index is 2.19. The average molecular weight is 408 g/mol. The number of cyclic esters (lactones) is 1. The first-order valence-electron chi connectivity index (χ1n) is 5.80. The van der Waals surface area contributed by atoms with E-state index in [9.17, 15) is 57.6 Å². The first kappa shape index (κ1) is 20.1. The number of carbonyl (C=O) groups excluding carboxylic acids is 1. The number of carbonyl (C=O) groups is 1. The number of alkyl halides is 7. The van der Waals surface area contributed by atoms with Crippen LogP contribution < -0.4 is 0 Å². The van der Waals surface area contributed by atoms with Crippen LogP contribution >= 0.6 is 0 Å². The fourth-order valence-electron chi connectivity index (χ4n) is 2.25. The van der Waals surface area contributed by atoms with Crippen LogP contribution in [0.4, 0.5) is 52.8 Å². The minimum atomic E-state index is -7.22. The van der Waals surface area contributed by atoms with Gasteiger partial charge in [-0.3, -0.25) is 0 Å². The highest BCUT2D eigenvalue weighted by Gasteiger charge is 2.88. The van der Waals surface area contributed by atoms with E-state index in [-0.39, 0.29) is 0 Å². The second kappa shape index (κ2) is 5.40. The molecule has 1 aromatic rings. The molecule has 1 aromatic carbocycles. The Morgan fingerprint density at radius 3 is 1.58 bits per heavy atom. The Morgan fingerprint density at radius 2 is 1.19 bits per heavy atom. The van der Waals surface area contributed by atoms with Crippen molar-refractivity contribution in [3.63, 3.8) is 0 Å². The Balaban J connectivity index is 3.06. The van der Waals surface area contributed by atoms with Gasteiger partial charge in [0, 0.05) is 0 Å². The smallest absolute Gasteiger partial charge is 0.417 e. The number of hydrogen-bond acceptors (Lipinski definition) is 3. The summed E-state index contributed by atoms with van der Waals surface area (Å²) in [6.07, 6.45) is -14.4. The maximum Gasteiger partial charge on any atom is 0.438 e. The van der Waals surface area contributed by atoms with Crippen molar-refractivity contribution < 1.29 is 67.3 Å². The summed E-state index contributed by atoms with van der Waals surface area (Å²) in [5, 5.41) is 0. The lowest BCUT2D eigenvalue weighted by Gasteiger charge is -2.39. The van der Waals surface area contributed by atoms with Gasteiger partial charge in [0.1, 0.15) is 5.56 Å². The van der Waals surface area contributed by atoms with Crippen molar-refractivity contribution in [3.05, 3.63) is 34.4 Å². The average Bonchev–Trinajstić information content (AvgIpc) is 2.81. The molecule has 0 unspecified atom stereocenters. The predicted octanol–water partition coefficient (Wildman–Crippen LogP) is 4.30. The van der Waals surface area contributed by atoms with E-state index >= 15 is 0 Å². The largest absolute Gasteiger partial charge is 0.438 e. The summed E-state index contributed by atoms with van der Waals surface area (Å²) in [7, 11) is 0. The lowest BCUT2D eigenvalue weighted by atomic mass is 9.85. The Bertz CT molecular complexity index is 768. The molecule has 0 radical (unpaired) electrons. The van der Waals surface area contributed by atoms with Crippen LogP contribution in [-0.4, -0.2) is 24.0 Å². The van der Waals surface area contributed by atoms with Crippen molar-refractivity contribution in [2.75, 3.05) is 0 Å². The fraction of sp³-hybridized carbons (Fsp3) is 0.364. The molecule has 0 bridgehead atoms. The molecule has 0 saturated heterocycles. The quantitative estimate of drug-likeness (QED) is 0.317. The van der Waals surface area contributed by atoms with Crippen LogP contribution in [0.25, 0.3) is 0 Å². The van der Waals surface area contributed by atoms with Crippen molar-refractivity contribution >= 4 is 5.97 Å². The van der Waals surface area contributed by atoms with Gasteiger partial charge < -0.3 is 4.74 Å². The lowest BCUT2D eigenvalue weighted by Crippen LogP contribution is -2.67. The Labute approximate surface area is 133 Å². The molecule has 0 N–H and O–H groups in total. The van der Waals surface area contributed by atoms with E-state index in [0.717, 1.165) is 0 Å². The summed E-state index contributed by atoms with van der Waals surface area (Å²) in [4.78, 5) is 13.5. The normalized spacial score (nSPS) is 21.0. The van der Waals surface area contributed by atoms with E-state index in [0.29, 0.717) is 0 Å². The summed E-state index contributed by atoms with van der Waals surface area (Å²) in [5.41, 5.74) is -12.4. The maximum absolute atomic E-state index is 14.2. The molecule has 3 nitrogen and oxygen atoms in total. The van der Waals surface area contributed by atoms with Crippen molar-refractivity contribution in [1.29, 1.82) is 0 Å². The Kier molecular flexibility index (Phi) is 4.18. The topological polar surface area (TPSA) is 35.5 Å². The van der Waals surface area contributed by atoms with Crippen LogP contribution in [0.15, 0.2) is 0 Å². The van der Waals surface area contributed by atoms with Gasteiger partial charge >= 0.3 is 29.8 Å². The highest BCUT2D eigenvalue weighted by atomic mass is 19.4. The van der Waals surface area contributed by atoms with Crippen LogP contribution in [-0.2, 0) is 15.5 Å². The Morgan fingerprint density at radius 1 is 0.769 bits per heavy atom. The molecule has 26 heavy (non-hydrogen) atoms. The molecule has 0 aromatic heterocycles. The standard InChI is InChI=1S/C11F12O3/c12-3-1-2(4(13)6(15)5(3)14)8(26-23,25-7(1)24)9(16,10(17,18)19)11(20,21)22/t8-/m1/s1. The number of rotatable bonds is 2. The molecule has 2 rings (SSSR count). The SMILES string of the molecule is O=C1O[C@](OF)(C(F)(C(F)(F)F)C(F)(F)F)c2c(F)c(F)c(F)c(F)c21. The molecule has 0 aliphatic carbocycles. The summed E-state index contributed by atoms with van der Waals surface area (Å²) in [5.74, 6) is -20.5. The van der Waals surface area contributed by atoms with E-state index in [4.69, 9.17) is 0 Å². The van der Waals surface area contributed by atoms with Crippen LogP contribution in [0.2, 0.25) is 0 Å². The van der Waals surface area contributed by atoms with E-state index in [1.54, 1.807) is 0 Å². The van der Waals surface area contributed by atoms with Gasteiger partial charge in [-0.2, -0.15) is 26.3 Å². The molecule has 1 atom stereocenters. The molecule has 0 fully saturated rings. The van der Waals surface area contributed by atoms with Gasteiger partial charge in [-0.1, -0.05) is 0 Å². The van der Waals surface area contributed by atoms with Crippen molar-refractivity contribution in [3.8, 4) is 0 Å². The monoisotopic (exact) mass is 408 g/mol. The van der Waals surface area contributed by atoms with Gasteiger partial charge in [-0.15, -0.1) is 4.94 Å². The van der Waals surface area contributed by atoms with Gasteiger partial charge in [-0.25, -0.2) is 26.7 Å². The molecule has 15 heteroatoms. The zero-order valence-corrected chi connectivity index (χ0v) is 11.3. The van der Waals surface area contributed by atoms with Gasteiger partial charge in [0.15, 0.2) is 23.3 Å². The van der Waals surface area contributed by atoms with Crippen molar-refractivity contribution in [2.24, 2.45) is 0 Å². The molecular weight excluding hydrogens is 408 g/mol. The first-order valence-corrected chi connectivity index (χ1v) is 5.80. The minimum Gasteiger partial charge on any atom is -0.417 e. The summed E-state index contributed by atoms with van der Waals surface area (Å²) in [6.45, 7) is 0. The second-order valence-electron chi connectivity index (χ2n) is 4.74. The third kappa shape index (κ3) is 2.12. The molecular formula is C11F12O3. The summed E-state index contributed by atoms with van der Waals surface area (Å²) in [6, 6.07) is 0. The van der Waals surface area contributed by atoms with Gasteiger partial charge in [0.25, 0.3) is 0 Å². The van der Waals surface area contributed by atoms with E-state index in [1.807, 2.05) is 0 Å². The highest BCUT2D eigenvalue weighted by molar-refractivity contribution is 5.95.